The largest absolute Gasteiger partial charge is 0.497 e. The van der Waals surface area contributed by atoms with Crippen molar-refractivity contribution in [1.82, 2.24) is 19.7 Å². The Hall–Kier alpha value is -2.89. The number of aromatic nitrogens is 4. The lowest BCUT2D eigenvalue weighted by Crippen LogP contribution is -2.06. The van der Waals surface area contributed by atoms with Crippen LogP contribution in [0.5, 0.6) is 5.75 Å². The van der Waals surface area contributed by atoms with Gasteiger partial charge in [-0.2, -0.15) is 10.1 Å². The first kappa shape index (κ1) is 13.1. The molecule has 0 amide bonds. The first-order valence-corrected chi connectivity index (χ1v) is 6.55. The average molecular weight is 281 g/mol. The number of hydrogen-bond acceptors (Lipinski definition) is 5. The lowest BCUT2D eigenvalue weighted by atomic mass is 10.2. The Kier molecular flexibility index (Phi) is 3.77. The molecule has 0 spiro atoms. The van der Waals surface area contributed by atoms with Crippen LogP contribution in [0.15, 0.2) is 55.0 Å². The third-order valence-electron chi connectivity index (χ3n) is 2.99. The van der Waals surface area contributed by atoms with Crippen LogP contribution in [0.4, 0.5) is 5.95 Å². The van der Waals surface area contributed by atoms with E-state index in [0.29, 0.717) is 12.5 Å². The van der Waals surface area contributed by atoms with Gasteiger partial charge in [-0.05, 0) is 23.8 Å². The first-order valence-electron chi connectivity index (χ1n) is 6.55. The number of rotatable bonds is 5. The highest BCUT2D eigenvalue weighted by molar-refractivity contribution is 5.34. The molecule has 0 bridgehead atoms. The van der Waals surface area contributed by atoms with Crippen molar-refractivity contribution in [2.45, 2.75) is 6.54 Å². The quantitative estimate of drug-likeness (QED) is 0.777. The van der Waals surface area contributed by atoms with Crippen LogP contribution in [-0.2, 0) is 6.54 Å². The van der Waals surface area contributed by atoms with Crippen molar-refractivity contribution in [2.24, 2.45) is 0 Å². The minimum atomic E-state index is 0.568. The lowest BCUT2D eigenvalue weighted by molar-refractivity contribution is 0.414. The van der Waals surface area contributed by atoms with Gasteiger partial charge in [0, 0.05) is 31.2 Å². The summed E-state index contributed by atoms with van der Waals surface area (Å²) in [5.41, 5.74) is 1.13. The number of anilines is 1. The van der Waals surface area contributed by atoms with Crippen LogP contribution in [0.3, 0.4) is 0 Å². The summed E-state index contributed by atoms with van der Waals surface area (Å²) in [5.74, 6) is 2.14. The molecule has 3 rings (SSSR count). The van der Waals surface area contributed by atoms with Crippen LogP contribution in [0, 0.1) is 0 Å². The zero-order valence-corrected chi connectivity index (χ0v) is 11.6. The molecule has 0 radical (unpaired) electrons. The summed E-state index contributed by atoms with van der Waals surface area (Å²) in [4.78, 5) is 8.63. The van der Waals surface area contributed by atoms with E-state index in [0.717, 1.165) is 17.1 Å². The molecule has 0 aliphatic rings. The fraction of sp³-hybridized carbons (Fsp3) is 0.133. The molecule has 0 unspecified atom stereocenters. The second-order valence-corrected chi connectivity index (χ2v) is 4.39. The minimum absolute atomic E-state index is 0.568. The third kappa shape index (κ3) is 3.17. The number of nitrogens with one attached hydrogen (secondary N) is 1. The Morgan fingerprint density at radius 2 is 2.00 bits per heavy atom. The second-order valence-electron chi connectivity index (χ2n) is 4.39. The van der Waals surface area contributed by atoms with Gasteiger partial charge in [-0.25, -0.2) is 9.67 Å². The number of nitrogens with zero attached hydrogens (tertiary/aromatic N) is 4. The topological polar surface area (TPSA) is 64.9 Å². The van der Waals surface area contributed by atoms with Crippen molar-refractivity contribution < 1.29 is 4.74 Å². The van der Waals surface area contributed by atoms with E-state index >= 15 is 0 Å². The summed E-state index contributed by atoms with van der Waals surface area (Å²) in [6, 6.07) is 11.5. The van der Waals surface area contributed by atoms with E-state index < -0.39 is 0 Å². The van der Waals surface area contributed by atoms with Crippen LogP contribution < -0.4 is 10.1 Å². The van der Waals surface area contributed by atoms with E-state index in [9.17, 15) is 0 Å². The van der Waals surface area contributed by atoms with Gasteiger partial charge in [0.25, 0.3) is 0 Å². The van der Waals surface area contributed by atoms with Gasteiger partial charge in [0.1, 0.15) is 5.75 Å². The lowest BCUT2D eigenvalue weighted by Gasteiger charge is -2.07. The van der Waals surface area contributed by atoms with Gasteiger partial charge >= 0.3 is 0 Å². The fourth-order valence-electron chi connectivity index (χ4n) is 1.89. The van der Waals surface area contributed by atoms with Gasteiger partial charge in [0.05, 0.1) is 7.11 Å². The molecule has 0 aliphatic carbocycles. The molecular weight excluding hydrogens is 266 g/mol. The first-order chi connectivity index (χ1) is 10.3. The molecule has 106 valence electrons. The number of benzene rings is 1. The second kappa shape index (κ2) is 6.04. The highest BCUT2D eigenvalue weighted by Crippen LogP contribution is 2.12. The van der Waals surface area contributed by atoms with Gasteiger partial charge < -0.3 is 10.1 Å². The Morgan fingerprint density at radius 1 is 1.14 bits per heavy atom. The van der Waals surface area contributed by atoms with Crippen molar-refractivity contribution in [3.8, 4) is 11.6 Å². The van der Waals surface area contributed by atoms with E-state index in [2.05, 4.69) is 20.4 Å². The maximum Gasteiger partial charge on any atom is 0.224 e. The fourth-order valence-corrected chi connectivity index (χ4v) is 1.89. The minimum Gasteiger partial charge on any atom is -0.497 e. The predicted molar refractivity (Wildman–Crippen MR) is 79.5 cm³/mol. The van der Waals surface area contributed by atoms with Crippen molar-refractivity contribution in [3.63, 3.8) is 0 Å². The molecule has 3 aromatic rings. The number of ether oxygens (including phenoxy) is 1. The molecule has 21 heavy (non-hydrogen) atoms. The van der Waals surface area contributed by atoms with Crippen molar-refractivity contribution in [3.05, 3.63) is 60.6 Å². The summed E-state index contributed by atoms with van der Waals surface area (Å²) in [6.45, 7) is 0.645. The van der Waals surface area contributed by atoms with E-state index in [1.165, 1.54) is 0 Å². The Labute approximate surface area is 122 Å². The molecule has 2 heterocycles. The van der Waals surface area contributed by atoms with E-state index in [-0.39, 0.29) is 0 Å². The van der Waals surface area contributed by atoms with Crippen molar-refractivity contribution in [2.75, 3.05) is 12.4 Å². The molecule has 0 saturated carbocycles. The molecule has 0 atom stereocenters. The van der Waals surface area contributed by atoms with Crippen LogP contribution in [0.1, 0.15) is 5.56 Å². The van der Waals surface area contributed by atoms with Gasteiger partial charge in [-0.3, -0.25) is 0 Å². The average Bonchev–Trinajstić information content (AvgIpc) is 3.08. The molecule has 0 saturated heterocycles. The third-order valence-corrected chi connectivity index (χ3v) is 2.99. The smallest absolute Gasteiger partial charge is 0.224 e. The van der Waals surface area contributed by atoms with Gasteiger partial charge in [0.2, 0.25) is 5.95 Å². The maximum absolute atomic E-state index is 5.13. The monoisotopic (exact) mass is 281 g/mol. The summed E-state index contributed by atoms with van der Waals surface area (Å²) in [6.07, 6.45) is 5.27. The van der Waals surface area contributed by atoms with Crippen molar-refractivity contribution >= 4 is 5.95 Å². The zero-order chi connectivity index (χ0) is 14.5. The molecule has 0 fully saturated rings. The van der Waals surface area contributed by atoms with Gasteiger partial charge in [-0.1, -0.05) is 12.1 Å². The van der Waals surface area contributed by atoms with Crippen LogP contribution in [0.25, 0.3) is 5.82 Å². The summed E-state index contributed by atoms with van der Waals surface area (Å²) >= 11 is 0. The van der Waals surface area contributed by atoms with E-state index in [1.54, 1.807) is 24.2 Å². The summed E-state index contributed by atoms with van der Waals surface area (Å²) in [7, 11) is 1.65. The number of hydrogen-bond donors (Lipinski definition) is 1. The molecule has 1 aromatic carbocycles. The van der Waals surface area contributed by atoms with Gasteiger partial charge in [-0.15, -0.1) is 0 Å². The van der Waals surface area contributed by atoms with Crippen LogP contribution >= 0.6 is 0 Å². The molecular formula is C15H15N5O. The Bertz CT molecular complexity index is 694. The summed E-state index contributed by atoms with van der Waals surface area (Å²) in [5, 5.41) is 7.35. The molecule has 0 aliphatic heterocycles. The van der Waals surface area contributed by atoms with Crippen LogP contribution in [0.2, 0.25) is 0 Å². The molecule has 1 N–H and O–H groups in total. The number of methoxy groups -OCH3 is 1. The molecule has 6 heteroatoms. The molecule has 6 nitrogen and oxygen atoms in total. The van der Waals surface area contributed by atoms with E-state index in [4.69, 9.17) is 4.74 Å². The standard InChI is InChI=1S/C15H15N5O/c1-21-13-5-3-12(4-6-13)11-17-15-16-9-7-14(19-15)20-10-2-8-18-20/h2-10H,11H2,1H3,(H,16,17,19). The predicted octanol–water partition coefficient (Wildman–Crippen LogP) is 2.28. The highest BCUT2D eigenvalue weighted by atomic mass is 16.5. The highest BCUT2D eigenvalue weighted by Gasteiger charge is 2.01. The van der Waals surface area contributed by atoms with E-state index in [1.807, 2.05) is 42.6 Å². The Balaban J connectivity index is 1.68. The van der Waals surface area contributed by atoms with Gasteiger partial charge in [0.15, 0.2) is 5.82 Å². The Morgan fingerprint density at radius 3 is 2.71 bits per heavy atom. The van der Waals surface area contributed by atoms with Crippen molar-refractivity contribution in [1.29, 1.82) is 0 Å². The zero-order valence-electron chi connectivity index (χ0n) is 11.6. The summed E-state index contributed by atoms with van der Waals surface area (Å²) < 4.78 is 6.83. The molecule has 2 aromatic heterocycles. The maximum atomic E-state index is 5.13. The van der Waals surface area contributed by atoms with Crippen LogP contribution in [-0.4, -0.2) is 26.9 Å². The normalized spacial score (nSPS) is 10.3. The SMILES string of the molecule is COc1ccc(CNc2nccc(-n3cccn3)n2)cc1.